The molecular weight excluding hydrogens is 219 g/mol. The van der Waals surface area contributed by atoms with Crippen molar-refractivity contribution in [1.82, 2.24) is 0 Å². The minimum absolute atomic E-state index is 0. The van der Waals surface area contributed by atoms with Crippen LogP contribution in [0, 0.1) is 0 Å². The Morgan fingerprint density at radius 3 is 0.750 bits per heavy atom. The Morgan fingerprint density at radius 1 is 0.750 bits per heavy atom. The van der Waals surface area contributed by atoms with Crippen LogP contribution in [0.2, 0.25) is 0 Å². The summed E-state index contributed by atoms with van der Waals surface area (Å²) in [7, 11) is -5.17. The summed E-state index contributed by atoms with van der Waals surface area (Å²) in [5.74, 6) is 0. The fraction of sp³-hybridized carbons (Fsp3) is 0. The standard InChI is InChI=1S/Al.H2O4S.6H2O/c;1-5(2,3)4;;;;;;/h;(H2,1,2,3,4);6*1H2/p-3. The summed E-state index contributed by atoms with van der Waals surface area (Å²) >= 11 is 0. The largest absolute Gasteiger partial charge is 0.870 e. The van der Waals surface area contributed by atoms with Crippen molar-refractivity contribution in [3.05, 3.63) is 0 Å². The molecule has 0 aliphatic carbocycles. The van der Waals surface area contributed by atoms with E-state index in [9.17, 15) is 0 Å². The van der Waals surface area contributed by atoms with Gasteiger partial charge in [-0.05, 0) is 0 Å². The average molecular weight is 230 g/mol. The first-order valence-corrected chi connectivity index (χ1v) is 2.00. The topological polar surface area (TPSA) is 268 Å². The van der Waals surface area contributed by atoms with Crippen molar-refractivity contribution in [2.24, 2.45) is 0 Å². The first kappa shape index (κ1) is 87.5. The second-order valence-corrected chi connectivity index (χ2v) is 1.22. The van der Waals surface area contributed by atoms with E-state index in [-0.39, 0.29) is 50.2 Å². The molecule has 0 aromatic carbocycles. The van der Waals surface area contributed by atoms with Crippen LogP contribution in [0.25, 0.3) is 0 Å². The van der Waals surface area contributed by atoms with Gasteiger partial charge in [0, 0.05) is 27.8 Å². The van der Waals surface area contributed by atoms with Crippen LogP contribution in [-0.2, 0) is 10.4 Å². The molecule has 0 bridgehead atoms. The van der Waals surface area contributed by atoms with Crippen LogP contribution in [0.4, 0.5) is 0 Å². The molecule has 0 aromatic heterocycles. The van der Waals surface area contributed by atoms with Gasteiger partial charge in [0.15, 0.2) is 0 Å². The highest BCUT2D eigenvalue weighted by Gasteiger charge is 1.49. The van der Waals surface area contributed by atoms with Gasteiger partial charge in [0.25, 0.3) is 0 Å². The Balaban J connectivity index is -0.00000000381. The molecule has 83 valence electrons. The Morgan fingerprint density at radius 2 is 0.750 bits per heavy atom. The molecule has 0 fully saturated rings. The Labute approximate surface area is 78.8 Å². The van der Waals surface area contributed by atoms with E-state index in [0.717, 1.165) is 0 Å². The molecule has 0 unspecified atom stereocenters. The maximum absolute atomic E-state index is 8.52. The Bertz CT molecular complexity index is 93.0. The zero-order chi connectivity index (χ0) is 4.50. The fourth-order valence-electron chi connectivity index (χ4n) is 0. The van der Waals surface area contributed by atoms with E-state index in [2.05, 4.69) is 0 Å². The summed E-state index contributed by atoms with van der Waals surface area (Å²) in [6, 6.07) is 0. The van der Waals surface area contributed by atoms with E-state index >= 15 is 0 Å². The summed E-state index contributed by atoms with van der Waals surface area (Å²) in [6.07, 6.45) is 0. The summed E-state index contributed by atoms with van der Waals surface area (Å²) < 4.78 is 34.1. The predicted octanol–water partition coefficient (Wildman–Crippen LogP) is -6.02. The Hall–Kier alpha value is 0.162. The van der Waals surface area contributed by atoms with Gasteiger partial charge in [-0.25, -0.2) is 0 Å². The van der Waals surface area contributed by atoms with Gasteiger partial charge < -0.3 is 42.0 Å². The molecule has 10 nitrogen and oxygen atoms in total. The molecule has 0 aliphatic heterocycles. The number of hydrogen-bond acceptors (Lipinski definition) is 5. The molecule has 11 N–H and O–H groups in total. The number of hydrogen-bond donors (Lipinski definition) is 0. The van der Waals surface area contributed by atoms with Gasteiger partial charge in [0.1, 0.15) is 0 Å². The minimum atomic E-state index is -5.17. The second kappa shape index (κ2) is 30.4. The molecule has 0 aliphatic rings. The average Bonchev–Trinajstić information content (AvgIpc) is 0.722. The third-order valence-electron chi connectivity index (χ3n) is 0. The van der Waals surface area contributed by atoms with Crippen LogP contribution in [0.3, 0.4) is 0 Å². The SMILES string of the molecule is O.O.O.O.O.O=S(=O)([O-])[O-].[Al].[OH-]. The first-order valence-electron chi connectivity index (χ1n) is 0.667. The van der Waals surface area contributed by atoms with E-state index < -0.39 is 10.4 Å². The zero-order valence-corrected chi connectivity index (χ0v) is 7.54. The summed E-state index contributed by atoms with van der Waals surface area (Å²) in [6.45, 7) is 0. The van der Waals surface area contributed by atoms with Crippen LogP contribution in [0.15, 0.2) is 0 Å². The quantitative estimate of drug-likeness (QED) is 0.222. The molecule has 0 amide bonds. The minimum Gasteiger partial charge on any atom is -0.870 e. The summed E-state index contributed by atoms with van der Waals surface area (Å²) in [5.41, 5.74) is 0. The first-order chi connectivity index (χ1) is 2.00. The molecule has 0 spiro atoms. The molecule has 0 saturated heterocycles. The van der Waals surface area contributed by atoms with Crippen molar-refractivity contribution < 1.29 is 50.4 Å². The van der Waals surface area contributed by atoms with E-state index in [1.165, 1.54) is 0 Å². The Kier molecular flexibility index (Phi) is 221. The van der Waals surface area contributed by atoms with Crippen molar-refractivity contribution in [1.29, 1.82) is 0 Å². The molecular formula is H11AlO10S-3. The van der Waals surface area contributed by atoms with Gasteiger partial charge in [-0.3, -0.25) is 8.42 Å². The van der Waals surface area contributed by atoms with Crippen LogP contribution >= 0.6 is 0 Å². The monoisotopic (exact) mass is 230 g/mol. The maximum Gasteiger partial charge on any atom is 0.0311 e. The van der Waals surface area contributed by atoms with E-state index in [1.54, 1.807) is 0 Å². The third kappa shape index (κ3) is 32300. The third-order valence-corrected chi connectivity index (χ3v) is 0. The van der Waals surface area contributed by atoms with Crippen LogP contribution < -0.4 is 0 Å². The van der Waals surface area contributed by atoms with Crippen molar-refractivity contribution in [2.45, 2.75) is 0 Å². The molecule has 0 atom stereocenters. The molecule has 0 aromatic rings. The van der Waals surface area contributed by atoms with Crippen molar-refractivity contribution >= 4 is 27.8 Å². The highest BCUT2D eigenvalue weighted by atomic mass is 32.3. The molecule has 0 rings (SSSR count). The fourth-order valence-corrected chi connectivity index (χ4v) is 0. The van der Waals surface area contributed by atoms with Gasteiger partial charge in [-0.2, -0.15) is 0 Å². The van der Waals surface area contributed by atoms with Crippen LogP contribution in [0.5, 0.6) is 0 Å². The normalized spacial score (nSPS) is 4.83. The lowest BCUT2D eigenvalue weighted by Gasteiger charge is -2.06. The van der Waals surface area contributed by atoms with Crippen LogP contribution in [0.1, 0.15) is 0 Å². The smallest absolute Gasteiger partial charge is 0.0311 e. The lowest BCUT2D eigenvalue weighted by atomic mass is 15.8. The molecule has 12 heteroatoms. The van der Waals surface area contributed by atoms with Gasteiger partial charge in [-0.15, -0.1) is 0 Å². The van der Waals surface area contributed by atoms with Crippen molar-refractivity contribution in [3.63, 3.8) is 0 Å². The summed E-state index contributed by atoms with van der Waals surface area (Å²) in [4.78, 5) is 0. The zero-order valence-electron chi connectivity index (χ0n) is 5.57. The molecule has 3 radical (unpaired) electrons. The van der Waals surface area contributed by atoms with Gasteiger partial charge in [-0.1, -0.05) is 0 Å². The lowest BCUT2D eigenvalue weighted by molar-refractivity contribution is 0.352. The van der Waals surface area contributed by atoms with E-state index in [4.69, 9.17) is 17.5 Å². The molecule has 0 heterocycles. The maximum atomic E-state index is 8.52. The second-order valence-electron chi connectivity index (χ2n) is 0.408. The van der Waals surface area contributed by atoms with E-state index in [1.807, 2.05) is 0 Å². The van der Waals surface area contributed by atoms with Gasteiger partial charge >= 0.3 is 0 Å². The number of rotatable bonds is 0. The van der Waals surface area contributed by atoms with Gasteiger partial charge in [0.05, 0.1) is 0 Å². The molecule has 0 saturated carbocycles. The van der Waals surface area contributed by atoms with Crippen molar-refractivity contribution in [2.75, 3.05) is 0 Å². The van der Waals surface area contributed by atoms with E-state index in [0.29, 0.717) is 0 Å². The lowest BCUT2D eigenvalue weighted by Crippen LogP contribution is -1.91. The highest BCUT2D eigenvalue weighted by molar-refractivity contribution is 7.79. The highest BCUT2D eigenvalue weighted by Crippen LogP contribution is 1.57. The van der Waals surface area contributed by atoms with Crippen molar-refractivity contribution in [3.8, 4) is 0 Å². The predicted molar refractivity (Wildman–Crippen MR) is 36.2 cm³/mol. The van der Waals surface area contributed by atoms with Gasteiger partial charge in [0.2, 0.25) is 0 Å². The molecule has 12 heavy (non-hydrogen) atoms. The summed E-state index contributed by atoms with van der Waals surface area (Å²) in [5, 5.41) is 0. The van der Waals surface area contributed by atoms with Crippen LogP contribution in [-0.4, -0.2) is 67.7 Å².